The van der Waals surface area contributed by atoms with Gasteiger partial charge in [0.1, 0.15) is 17.6 Å². The summed E-state index contributed by atoms with van der Waals surface area (Å²) in [5.41, 5.74) is 1.92. The quantitative estimate of drug-likeness (QED) is 0.843. The second-order valence-corrected chi connectivity index (χ2v) is 4.39. The van der Waals surface area contributed by atoms with Gasteiger partial charge < -0.3 is 0 Å². The molecule has 0 N–H and O–H groups in total. The van der Waals surface area contributed by atoms with E-state index >= 15 is 0 Å². The number of hydrogen-bond donors (Lipinski definition) is 0. The third kappa shape index (κ3) is 3.36. The highest BCUT2D eigenvalue weighted by atomic mass is 19.1. The van der Waals surface area contributed by atoms with E-state index in [4.69, 9.17) is 5.26 Å². The zero-order chi connectivity index (χ0) is 13.7. The van der Waals surface area contributed by atoms with Gasteiger partial charge in [0.05, 0.1) is 0 Å². The van der Waals surface area contributed by atoms with Gasteiger partial charge in [-0.2, -0.15) is 5.26 Å². The molecule has 0 amide bonds. The van der Waals surface area contributed by atoms with E-state index in [0.29, 0.717) is 24.3 Å². The van der Waals surface area contributed by atoms with E-state index in [0.717, 1.165) is 5.56 Å². The molecule has 1 heterocycles. The van der Waals surface area contributed by atoms with Gasteiger partial charge in [-0.25, -0.2) is 9.37 Å². The summed E-state index contributed by atoms with van der Waals surface area (Å²) < 4.78 is 13.5. The number of pyridine rings is 1. The van der Waals surface area contributed by atoms with Gasteiger partial charge >= 0.3 is 0 Å². The lowest BCUT2D eigenvalue weighted by atomic mass is 10.1. The maximum atomic E-state index is 13.5. The van der Waals surface area contributed by atoms with Gasteiger partial charge in [-0.3, -0.25) is 4.90 Å². The number of nitriles is 1. The number of halogens is 1. The molecule has 96 valence electrons. The molecule has 2 aromatic rings. The summed E-state index contributed by atoms with van der Waals surface area (Å²) in [7, 11) is 1.89. The maximum absolute atomic E-state index is 13.5. The van der Waals surface area contributed by atoms with Crippen LogP contribution in [0.2, 0.25) is 0 Å². The van der Waals surface area contributed by atoms with Crippen LogP contribution in [-0.2, 0) is 13.1 Å². The Kier molecular flexibility index (Phi) is 4.22. The van der Waals surface area contributed by atoms with Gasteiger partial charge in [0, 0.05) is 30.4 Å². The number of nitrogens with zero attached hydrogens (tertiary/aromatic N) is 3. The molecule has 4 heteroatoms. The molecule has 0 aliphatic rings. The summed E-state index contributed by atoms with van der Waals surface area (Å²) in [5.74, 6) is -0.207. The zero-order valence-electron chi connectivity index (χ0n) is 10.7. The molecule has 0 spiro atoms. The van der Waals surface area contributed by atoms with Crippen molar-refractivity contribution < 1.29 is 4.39 Å². The Hall–Kier alpha value is -2.25. The van der Waals surface area contributed by atoms with Crippen LogP contribution in [-0.4, -0.2) is 16.9 Å². The molecule has 0 unspecified atom stereocenters. The Bertz CT molecular complexity index is 604. The van der Waals surface area contributed by atoms with Gasteiger partial charge in [-0.15, -0.1) is 0 Å². The fraction of sp³-hybridized carbons (Fsp3) is 0.200. The van der Waals surface area contributed by atoms with E-state index in [2.05, 4.69) is 11.1 Å². The molecule has 0 bridgehead atoms. The topological polar surface area (TPSA) is 39.9 Å². The summed E-state index contributed by atoms with van der Waals surface area (Å²) >= 11 is 0. The normalized spacial score (nSPS) is 10.4. The summed E-state index contributed by atoms with van der Waals surface area (Å²) in [6, 6.07) is 12.4. The molecular weight excluding hydrogens is 241 g/mol. The molecule has 3 nitrogen and oxygen atoms in total. The summed E-state index contributed by atoms with van der Waals surface area (Å²) in [5, 5.41) is 8.97. The smallest absolute Gasteiger partial charge is 0.144 e. The SMILES string of the molecule is CN(Cc1ccccc1F)Cc1cccnc1C#N. The van der Waals surface area contributed by atoms with Crippen molar-refractivity contribution in [1.29, 1.82) is 5.26 Å². The fourth-order valence-corrected chi connectivity index (χ4v) is 1.93. The Morgan fingerprint density at radius 3 is 2.58 bits per heavy atom. The van der Waals surface area contributed by atoms with Crippen LogP contribution in [0.5, 0.6) is 0 Å². The summed E-state index contributed by atoms with van der Waals surface area (Å²) in [6.07, 6.45) is 1.60. The van der Waals surface area contributed by atoms with E-state index in [9.17, 15) is 4.39 Å². The van der Waals surface area contributed by atoms with E-state index in [1.54, 1.807) is 24.4 Å². The van der Waals surface area contributed by atoms with Crippen LogP contribution in [0.3, 0.4) is 0 Å². The molecular formula is C15H14FN3. The minimum absolute atomic E-state index is 0.207. The van der Waals surface area contributed by atoms with E-state index in [-0.39, 0.29) is 5.82 Å². The highest BCUT2D eigenvalue weighted by Gasteiger charge is 2.08. The molecule has 0 saturated heterocycles. The van der Waals surface area contributed by atoms with E-state index < -0.39 is 0 Å². The Morgan fingerprint density at radius 2 is 1.84 bits per heavy atom. The number of aromatic nitrogens is 1. The summed E-state index contributed by atoms with van der Waals surface area (Å²) in [4.78, 5) is 5.97. The number of rotatable bonds is 4. The molecule has 0 saturated carbocycles. The second-order valence-electron chi connectivity index (χ2n) is 4.39. The minimum Gasteiger partial charge on any atom is -0.298 e. The standard InChI is InChI=1S/C15H14FN3/c1-19(10-12-5-2-3-7-14(12)16)11-13-6-4-8-18-15(13)9-17/h2-8H,10-11H2,1H3. The van der Waals surface area contributed by atoms with Crippen molar-refractivity contribution in [2.45, 2.75) is 13.1 Å². The first-order valence-corrected chi connectivity index (χ1v) is 5.96. The van der Waals surface area contributed by atoms with Crippen molar-refractivity contribution in [3.63, 3.8) is 0 Å². The highest BCUT2D eigenvalue weighted by Crippen LogP contribution is 2.12. The van der Waals surface area contributed by atoms with Gasteiger partial charge in [0.15, 0.2) is 0 Å². The van der Waals surface area contributed by atoms with Crippen molar-refractivity contribution in [2.75, 3.05) is 7.05 Å². The van der Waals surface area contributed by atoms with Crippen molar-refractivity contribution in [1.82, 2.24) is 9.88 Å². The van der Waals surface area contributed by atoms with Crippen molar-refractivity contribution in [2.24, 2.45) is 0 Å². The van der Waals surface area contributed by atoms with Gasteiger partial charge in [-0.1, -0.05) is 24.3 Å². The highest BCUT2D eigenvalue weighted by molar-refractivity contribution is 5.30. The maximum Gasteiger partial charge on any atom is 0.144 e. The monoisotopic (exact) mass is 255 g/mol. The Balaban J connectivity index is 2.08. The van der Waals surface area contributed by atoms with Crippen LogP contribution in [0.1, 0.15) is 16.8 Å². The fourth-order valence-electron chi connectivity index (χ4n) is 1.93. The van der Waals surface area contributed by atoms with Crippen molar-refractivity contribution >= 4 is 0 Å². The van der Waals surface area contributed by atoms with Gasteiger partial charge in [0.25, 0.3) is 0 Å². The molecule has 0 radical (unpaired) electrons. The Morgan fingerprint density at radius 1 is 1.16 bits per heavy atom. The first kappa shape index (κ1) is 13.2. The van der Waals surface area contributed by atoms with Crippen molar-refractivity contribution in [3.05, 3.63) is 65.2 Å². The molecule has 19 heavy (non-hydrogen) atoms. The van der Waals surface area contributed by atoms with Crippen LogP contribution in [0.15, 0.2) is 42.6 Å². The third-order valence-electron chi connectivity index (χ3n) is 2.84. The predicted octanol–water partition coefficient (Wildman–Crippen LogP) is 2.72. The van der Waals surface area contributed by atoms with Crippen molar-refractivity contribution in [3.8, 4) is 6.07 Å². The van der Waals surface area contributed by atoms with E-state index in [1.807, 2.05) is 24.1 Å². The first-order chi connectivity index (χ1) is 9.20. The number of benzene rings is 1. The molecule has 0 fully saturated rings. The average Bonchev–Trinajstić information content (AvgIpc) is 2.42. The first-order valence-electron chi connectivity index (χ1n) is 5.96. The lowest BCUT2D eigenvalue weighted by Crippen LogP contribution is -2.18. The molecule has 1 aromatic heterocycles. The predicted molar refractivity (Wildman–Crippen MR) is 70.5 cm³/mol. The lowest BCUT2D eigenvalue weighted by molar-refractivity contribution is 0.313. The van der Waals surface area contributed by atoms with Gasteiger partial charge in [0.2, 0.25) is 0 Å². The molecule has 1 aromatic carbocycles. The largest absolute Gasteiger partial charge is 0.298 e. The van der Waals surface area contributed by atoms with Gasteiger partial charge in [-0.05, 0) is 19.2 Å². The summed E-state index contributed by atoms with van der Waals surface area (Å²) in [6.45, 7) is 1.05. The zero-order valence-corrected chi connectivity index (χ0v) is 10.7. The van der Waals surface area contributed by atoms with Crippen LogP contribution in [0.4, 0.5) is 4.39 Å². The van der Waals surface area contributed by atoms with E-state index in [1.165, 1.54) is 6.07 Å². The molecule has 0 aliphatic carbocycles. The molecule has 0 atom stereocenters. The minimum atomic E-state index is -0.207. The van der Waals surface area contributed by atoms with Crippen LogP contribution in [0, 0.1) is 17.1 Å². The molecule has 0 aliphatic heterocycles. The lowest BCUT2D eigenvalue weighted by Gasteiger charge is -2.17. The van der Waals surface area contributed by atoms with Crippen LogP contribution < -0.4 is 0 Å². The second kappa shape index (κ2) is 6.07. The van der Waals surface area contributed by atoms with Crippen LogP contribution in [0.25, 0.3) is 0 Å². The van der Waals surface area contributed by atoms with Crippen LogP contribution >= 0.6 is 0 Å². The average molecular weight is 255 g/mol. The Labute approximate surface area is 111 Å². The third-order valence-corrected chi connectivity index (χ3v) is 2.84. The number of hydrogen-bond acceptors (Lipinski definition) is 3. The molecule has 2 rings (SSSR count).